The summed E-state index contributed by atoms with van der Waals surface area (Å²) < 4.78 is 20.5. The summed E-state index contributed by atoms with van der Waals surface area (Å²) in [6.45, 7) is 0. The highest BCUT2D eigenvalue weighted by molar-refractivity contribution is 7.98. The Bertz CT molecular complexity index is 1560. The van der Waals surface area contributed by atoms with Crippen LogP contribution in [0.4, 0.5) is 14.9 Å². The van der Waals surface area contributed by atoms with Crippen molar-refractivity contribution in [3.8, 4) is 11.8 Å². The first kappa shape index (κ1) is 23.8. The standard InChI is InChI=1S/C24H19FN6O3S2/c1-31(24(32)33)17-9-14(25)8-16-18-20(28-19(16)17)29-22(34-15-10-26-23(35-2)27-11-15)30-21(18)36-12-13-6-4-3-5-7-13/h3-11H,12H2,1-2H3,(H,32,33)(H,28,29,30). The number of aromatic amines is 1. The Kier molecular flexibility index (Phi) is 6.61. The lowest BCUT2D eigenvalue weighted by molar-refractivity contribution is 0.203. The topological polar surface area (TPSA) is 117 Å². The molecule has 0 saturated heterocycles. The lowest BCUT2D eigenvalue weighted by Crippen LogP contribution is -2.24. The third-order valence-electron chi connectivity index (χ3n) is 5.31. The summed E-state index contributed by atoms with van der Waals surface area (Å²) in [6.07, 6.45) is 3.72. The molecule has 0 saturated carbocycles. The van der Waals surface area contributed by atoms with Crippen LogP contribution in [0.3, 0.4) is 0 Å². The van der Waals surface area contributed by atoms with E-state index in [9.17, 15) is 14.3 Å². The minimum atomic E-state index is -1.22. The molecule has 12 heteroatoms. The van der Waals surface area contributed by atoms with Crippen molar-refractivity contribution in [1.29, 1.82) is 0 Å². The molecule has 182 valence electrons. The Balaban J connectivity index is 1.65. The molecule has 0 fully saturated rings. The summed E-state index contributed by atoms with van der Waals surface area (Å²) in [7, 11) is 1.35. The Morgan fingerprint density at radius 3 is 2.61 bits per heavy atom. The van der Waals surface area contributed by atoms with E-state index in [0.717, 1.165) is 16.5 Å². The predicted octanol–water partition coefficient (Wildman–Crippen LogP) is 5.96. The third-order valence-corrected chi connectivity index (χ3v) is 6.94. The second-order valence-corrected chi connectivity index (χ2v) is 9.37. The van der Waals surface area contributed by atoms with Gasteiger partial charge in [-0.1, -0.05) is 42.1 Å². The smallest absolute Gasteiger partial charge is 0.411 e. The molecular formula is C24H19FN6O3S2. The van der Waals surface area contributed by atoms with Gasteiger partial charge in [0.25, 0.3) is 0 Å². The molecule has 0 radical (unpaired) electrons. The second kappa shape index (κ2) is 9.99. The van der Waals surface area contributed by atoms with Gasteiger partial charge in [-0.3, -0.25) is 4.90 Å². The van der Waals surface area contributed by atoms with E-state index in [4.69, 9.17) is 4.74 Å². The molecule has 5 aromatic rings. The maximum absolute atomic E-state index is 14.6. The first-order valence-electron chi connectivity index (χ1n) is 10.6. The highest BCUT2D eigenvalue weighted by Crippen LogP contribution is 2.39. The van der Waals surface area contributed by atoms with Crippen molar-refractivity contribution < 1.29 is 19.0 Å². The molecule has 36 heavy (non-hydrogen) atoms. The van der Waals surface area contributed by atoms with E-state index in [0.29, 0.717) is 43.6 Å². The Labute approximate surface area is 213 Å². The molecule has 1 amide bonds. The number of hydrogen-bond donors (Lipinski definition) is 2. The molecule has 0 aliphatic rings. The normalized spacial score (nSPS) is 11.2. The molecule has 5 rings (SSSR count). The minimum Gasteiger partial charge on any atom is -0.465 e. The van der Waals surface area contributed by atoms with Gasteiger partial charge in [-0.2, -0.15) is 9.97 Å². The Hall–Kier alpha value is -3.90. The van der Waals surface area contributed by atoms with Crippen LogP contribution in [0.25, 0.3) is 21.9 Å². The molecule has 3 heterocycles. The fourth-order valence-electron chi connectivity index (χ4n) is 3.60. The van der Waals surface area contributed by atoms with Crippen molar-refractivity contribution in [2.24, 2.45) is 0 Å². The van der Waals surface area contributed by atoms with Gasteiger partial charge in [-0.05, 0) is 24.0 Å². The number of hydrogen-bond acceptors (Lipinski definition) is 8. The molecule has 0 aliphatic heterocycles. The van der Waals surface area contributed by atoms with E-state index in [-0.39, 0.29) is 11.7 Å². The average molecular weight is 523 g/mol. The van der Waals surface area contributed by atoms with Crippen molar-refractivity contribution in [2.45, 2.75) is 15.9 Å². The van der Waals surface area contributed by atoms with Gasteiger partial charge < -0.3 is 14.8 Å². The summed E-state index contributed by atoms with van der Waals surface area (Å²) in [6, 6.07) is 12.4. The summed E-state index contributed by atoms with van der Waals surface area (Å²) in [5.74, 6) is 0.387. The summed E-state index contributed by atoms with van der Waals surface area (Å²) in [5.41, 5.74) is 2.06. The first-order valence-corrected chi connectivity index (χ1v) is 12.8. The van der Waals surface area contributed by atoms with Crippen LogP contribution >= 0.6 is 23.5 Å². The van der Waals surface area contributed by atoms with Gasteiger partial charge in [0.1, 0.15) is 16.5 Å². The number of nitrogens with zero attached hydrogens (tertiary/aromatic N) is 5. The zero-order chi connectivity index (χ0) is 25.2. The number of aromatic nitrogens is 5. The van der Waals surface area contributed by atoms with E-state index in [2.05, 4.69) is 24.9 Å². The van der Waals surface area contributed by atoms with Crippen LogP contribution in [0.1, 0.15) is 5.56 Å². The van der Waals surface area contributed by atoms with Crippen molar-refractivity contribution in [3.05, 3.63) is 66.2 Å². The number of anilines is 1. The number of halogens is 1. The van der Waals surface area contributed by atoms with Crippen molar-refractivity contribution >= 4 is 57.2 Å². The maximum atomic E-state index is 14.6. The lowest BCUT2D eigenvalue weighted by atomic mass is 10.1. The fourth-order valence-corrected chi connectivity index (χ4v) is 4.91. The van der Waals surface area contributed by atoms with E-state index in [1.807, 2.05) is 36.6 Å². The van der Waals surface area contributed by atoms with Crippen LogP contribution < -0.4 is 9.64 Å². The molecular weight excluding hydrogens is 503 g/mol. The van der Waals surface area contributed by atoms with E-state index in [1.165, 1.54) is 49.0 Å². The molecule has 2 N–H and O–H groups in total. The van der Waals surface area contributed by atoms with Crippen LogP contribution in [-0.2, 0) is 5.75 Å². The SMILES string of the molecule is CSc1ncc(Oc2nc(SCc3ccccc3)c3c(n2)[nH]c2c(N(C)C(=O)O)cc(F)cc23)cn1. The highest BCUT2D eigenvalue weighted by Gasteiger charge is 2.21. The maximum Gasteiger partial charge on any atom is 0.411 e. The van der Waals surface area contributed by atoms with Crippen molar-refractivity contribution in [3.63, 3.8) is 0 Å². The van der Waals surface area contributed by atoms with Crippen LogP contribution in [0.2, 0.25) is 0 Å². The minimum absolute atomic E-state index is 0.0544. The van der Waals surface area contributed by atoms with Gasteiger partial charge in [0.15, 0.2) is 10.9 Å². The number of ether oxygens (including phenoxy) is 1. The van der Waals surface area contributed by atoms with Gasteiger partial charge in [0, 0.05) is 18.2 Å². The molecule has 0 atom stereocenters. The molecule has 0 unspecified atom stereocenters. The summed E-state index contributed by atoms with van der Waals surface area (Å²) >= 11 is 2.85. The van der Waals surface area contributed by atoms with Crippen LogP contribution in [0.5, 0.6) is 11.8 Å². The highest BCUT2D eigenvalue weighted by atomic mass is 32.2. The van der Waals surface area contributed by atoms with Crippen molar-refractivity contribution in [1.82, 2.24) is 24.9 Å². The number of rotatable bonds is 7. The largest absolute Gasteiger partial charge is 0.465 e. The number of nitrogens with one attached hydrogen (secondary N) is 1. The Morgan fingerprint density at radius 2 is 1.92 bits per heavy atom. The number of carboxylic acid groups (broad SMARTS) is 1. The zero-order valence-electron chi connectivity index (χ0n) is 19.1. The van der Waals surface area contributed by atoms with Gasteiger partial charge in [0.2, 0.25) is 0 Å². The van der Waals surface area contributed by atoms with Crippen LogP contribution in [0.15, 0.2) is 65.0 Å². The fraction of sp³-hybridized carbons (Fsp3) is 0.125. The number of amides is 1. The zero-order valence-corrected chi connectivity index (χ0v) is 20.7. The predicted molar refractivity (Wildman–Crippen MR) is 138 cm³/mol. The van der Waals surface area contributed by atoms with Crippen LogP contribution in [-0.4, -0.2) is 49.4 Å². The van der Waals surface area contributed by atoms with Gasteiger partial charge >= 0.3 is 12.1 Å². The number of H-pyrrole nitrogens is 1. The van der Waals surface area contributed by atoms with E-state index in [1.54, 1.807) is 0 Å². The molecule has 0 aliphatic carbocycles. The second-order valence-electron chi connectivity index (χ2n) is 7.63. The molecule has 0 bridgehead atoms. The third kappa shape index (κ3) is 4.77. The quantitative estimate of drug-likeness (QED) is 0.152. The number of thioether (sulfide) groups is 2. The monoisotopic (exact) mass is 522 g/mol. The van der Waals surface area contributed by atoms with Crippen molar-refractivity contribution in [2.75, 3.05) is 18.2 Å². The first-order chi connectivity index (χ1) is 17.4. The lowest BCUT2D eigenvalue weighted by Gasteiger charge is -2.14. The summed E-state index contributed by atoms with van der Waals surface area (Å²) in [4.78, 5) is 33.2. The number of benzene rings is 2. The molecule has 3 aromatic heterocycles. The van der Waals surface area contributed by atoms with E-state index < -0.39 is 11.9 Å². The number of carbonyl (C=O) groups is 1. The van der Waals surface area contributed by atoms with Crippen LogP contribution in [0, 0.1) is 5.82 Å². The number of fused-ring (bicyclic) bond motifs is 3. The Morgan fingerprint density at radius 1 is 1.17 bits per heavy atom. The molecule has 0 spiro atoms. The summed E-state index contributed by atoms with van der Waals surface area (Å²) in [5, 5.41) is 11.7. The van der Waals surface area contributed by atoms with Gasteiger partial charge in [0.05, 0.1) is 29.0 Å². The average Bonchev–Trinajstić information content (AvgIpc) is 3.25. The van der Waals surface area contributed by atoms with Gasteiger partial charge in [-0.25, -0.2) is 19.2 Å². The van der Waals surface area contributed by atoms with Gasteiger partial charge in [-0.15, -0.1) is 11.8 Å². The molecule has 9 nitrogen and oxygen atoms in total. The molecule has 2 aromatic carbocycles. The van der Waals surface area contributed by atoms with E-state index >= 15 is 0 Å².